The number of hydrogen-bond donors (Lipinski definition) is 0. The molecular weight excluding hydrogens is 409 g/mol. The van der Waals surface area contributed by atoms with E-state index in [1.165, 1.54) is 22.7 Å². The number of amides is 1. The minimum atomic E-state index is -0.727. The average Bonchev–Trinajstić information content (AvgIpc) is 3.07. The molecule has 3 aromatic rings. The van der Waals surface area contributed by atoms with Gasteiger partial charge in [-0.2, -0.15) is 0 Å². The van der Waals surface area contributed by atoms with Crippen LogP contribution in [0.15, 0.2) is 36.4 Å². The first-order valence-electron chi connectivity index (χ1n) is 8.41. The lowest BCUT2D eigenvalue weighted by Gasteiger charge is -2.15. The minimum absolute atomic E-state index is 0.0617. The lowest BCUT2D eigenvalue weighted by atomic mass is 10.2. The minimum Gasteiger partial charge on any atom is -0.334 e. The van der Waals surface area contributed by atoms with Crippen molar-refractivity contribution in [1.29, 1.82) is 0 Å². The van der Waals surface area contributed by atoms with Crippen molar-refractivity contribution in [2.24, 2.45) is 0 Å². The molecule has 0 bridgehead atoms. The molecule has 0 N–H and O–H groups in total. The number of carbonyl (C=O) groups is 1. The summed E-state index contributed by atoms with van der Waals surface area (Å²) in [6.07, 6.45) is 0.484. The molecule has 1 heterocycles. The van der Waals surface area contributed by atoms with Gasteiger partial charge in [0.25, 0.3) is 5.91 Å². The summed E-state index contributed by atoms with van der Waals surface area (Å²) in [5.74, 6) is -1.49. The molecule has 28 heavy (non-hydrogen) atoms. The van der Waals surface area contributed by atoms with Gasteiger partial charge in [0.2, 0.25) is 5.82 Å². The van der Waals surface area contributed by atoms with E-state index in [1.54, 1.807) is 18.2 Å². The first-order valence-corrected chi connectivity index (χ1v) is 9.17. The van der Waals surface area contributed by atoms with Crippen molar-refractivity contribution in [2.75, 3.05) is 7.05 Å². The van der Waals surface area contributed by atoms with Crippen LogP contribution in [0, 0.1) is 11.6 Å². The second kappa shape index (κ2) is 8.24. The highest BCUT2D eigenvalue weighted by molar-refractivity contribution is 6.37. The van der Waals surface area contributed by atoms with Crippen LogP contribution in [0.3, 0.4) is 0 Å². The first kappa shape index (κ1) is 20.2. The molecule has 1 amide bonds. The molecule has 0 aliphatic rings. The summed E-state index contributed by atoms with van der Waals surface area (Å²) in [6, 6.07) is 8.23. The summed E-state index contributed by atoms with van der Waals surface area (Å²) in [4.78, 5) is 18.3. The predicted octanol–water partition coefficient (Wildman–Crippen LogP) is 4.69. The molecule has 2 aromatic carbocycles. The van der Waals surface area contributed by atoms with Crippen LogP contribution in [0.5, 0.6) is 0 Å². The zero-order chi connectivity index (χ0) is 20.4. The van der Waals surface area contributed by atoms with Crippen LogP contribution in [-0.4, -0.2) is 32.6 Å². The van der Waals surface area contributed by atoms with Gasteiger partial charge < -0.3 is 4.90 Å². The fourth-order valence-electron chi connectivity index (χ4n) is 2.68. The number of hydrogen-bond acceptors (Lipinski definition) is 3. The van der Waals surface area contributed by atoms with Gasteiger partial charge in [-0.05, 0) is 18.2 Å². The molecule has 146 valence electrons. The van der Waals surface area contributed by atoms with Gasteiger partial charge >= 0.3 is 0 Å². The Balaban J connectivity index is 1.91. The monoisotopic (exact) mass is 424 g/mol. The van der Waals surface area contributed by atoms with Crippen molar-refractivity contribution in [3.63, 3.8) is 0 Å². The summed E-state index contributed by atoms with van der Waals surface area (Å²) in [7, 11) is 1.49. The molecule has 0 saturated carbocycles. The third kappa shape index (κ3) is 4.00. The molecule has 0 radical (unpaired) electrons. The van der Waals surface area contributed by atoms with Crippen LogP contribution in [0.25, 0.3) is 5.69 Å². The van der Waals surface area contributed by atoms with Crippen LogP contribution in [0.2, 0.25) is 10.0 Å². The summed E-state index contributed by atoms with van der Waals surface area (Å²) in [5, 5.41) is 5.00. The molecule has 0 saturated heterocycles. The number of halogens is 4. The van der Waals surface area contributed by atoms with Gasteiger partial charge in [-0.3, -0.25) is 4.79 Å². The SMILES string of the molecule is CCc1nc(C(=O)N(C)Cc2ccc(F)cc2F)nn1-c1c(Cl)cccc1Cl. The van der Waals surface area contributed by atoms with E-state index in [-0.39, 0.29) is 17.9 Å². The number of aromatic nitrogens is 3. The van der Waals surface area contributed by atoms with E-state index in [9.17, 15) is 13.6 Å². The van der Waals surface area contributed by atoms with E-state index in [2.05, 4.69) is 10.1 Å². The number of benzene rings is 2. The van der Waals surface area contributed by atoms with Crippen LogP contribution in [0.1, 0.15) is 28.9 Å². The highest BCUT2D eigenvalue weighted by Crippen LogP contribution is 2.29. The van der Waals surface area contributed by atoms with Gasteiger partial charge in [0.05, 0.1) is 10.0 Å². The maximum Gasteiger partial charge on any atom is 0.293 e. The van der Waals surface area contributed by atoms with E-state index in [0.717, 1.165) is 12.1 Å². The molecule has 9 heteroatoms. The Morgan fingerprint density at radius 2 is 1.86 bits per heavy atom. The molecule has 1 aromatic heterocycles. The van der Waals surface area contributed by atoms with Crippen LogP contribution < -0.4 is 0 Å². The van der Waals surface area contributed by atoms with Gasteiger partial charge in [0.1, 0.15) is 23.1 Å². The molecule has 3 rings (SSSR count). The highest BCUT2D eigenvalue weighted by Gasteiger charge is 2.22. The molecule has 0 fully saturated rings. The van der Waals surface area contributed by atoms with E-state index >= 15 is 0 Å². The maximum absolute atomic E-state index is 13.9. The number of nitrogens with zero attached hydrogens (tertiary/aromatic N) is 4. The zero-order valence-electron chi connectivity index (χ0n) is 15.1. The Morgan fingerprint density at radius 1 is 1.18 bits per heavy atom. The standard InChI is InChI=1S/C19H16Cl2F2N4O/c1-3-16-24-18(25-27(16)17-13(20)5-4-6-14(17)21)19(28)26(2)10-11-7-8-12(22)9-15(11)23/h4-9H,3,10H2,1-2H3. The summed E-state index contributed by atoms with van der Waals surface area (Å²) in [6.45, 7) is 1.80. The Kier molecular flexibility index (Phi) is 5.96. The van der Waals surface area contributed by atoms with Crippen molar-refractivity contribution in [3.8, 4) is 5.69 Å². The Hall–Kier alpha value is -2.51. The third-order valence-electron chi connectivity index (χ3n) is 4.10. The lowest BCUT2D eigenvalue weighted by molar-refractivity contribution is 0.0771. The van der Waals surface area contributed by atoms with Crippen molar-refractivity contribution < 1.29 is 13.6 Å². The Morgan fingerprint density at radius 3 is 2.46 bits per heavy atom. The topological polar surface area (TPSA) is 51.0 Å². The molecular formula is C19H16Cl2F2N4O. The van der Waals surface area contributed by atoms with Gasteiger partial charge in [-0.15, -0.1) is 5.10 Å². The van der Waals surface area contributed by atoms with E-state index < -0.39 is 17.5 Å². The summed E-state index contributed by atoms with van der Waals surface area (Å²) in [5.41, 5.74) is 0.614. The summed E-state index contributed by atoms with van der Waals surface area (Å²) < 4.78 is 28.4. The molecule has 0 unspecified atom stereocenters. The third-order valence-corrected chi connectivity index (χ3v) is 4.71. The highest BCUT2D eigenvalue weighted by atomic mass is 35.5. The van der Waals surface area contributed by atoms with Crippen LogP contribution in [0.4, 0.5) is 8.78 Å². The largest absolute Gasteiger partial charge is 0.334 e. The van der Waals surface area contributed by atoms with E-state index in [0.29, 0.717) is 28.0 Å². The van der Waals surface area contributed by atoms with E-state index in [4.69, 9.17) is 23.2 Å². The van der Waals surface area contributed by atoms with Gasteiger partial charge in [-0.25, -0.2) is 18.4 Å². The maximum atomic E-state index is 13.9. The number of carbonyl (C=O) groups excluding carboxylic acids is 1. The van der Waals surface area contributed by atoms with Gasteiger partial charge in [0, 0.05) is 31.6 Å². The van der Waals surface area contributed by atoms with E-state index in [1.807, 2.05) is 6.92 Å². The molecule has 0 atom stereocenters. The van der Waals surface area contributed by atoms with Crippen molar-refractivity contribution in [3.05, 3.63) is 75.3 Å². The molecule has 5 nitrogen and oxygen atoms in total. The average molecular weight is 425 g/mol. The van der Waals surface area contributed by atoms with Crippen LogP contribution >= 0.6 is 23.2 Å². The van der Waals surface area contributed by atoms with Crippen molar-refractivity contribution >= 4 is 29.1 Å². The smallest absolute Gasteiger partial charge is 0.293 e. The second-order valence-electron chi connectivity index (χ2n) is 6.08. The quantitative estimate of drug-likeness (QED) is 0.596. The molecule has 0 spiro atoms. The number of rotatable bonds is 5. The second-order valence-corrected chi connectivity index (χ2v) is 6.90. The lowest BCUT2D eigenvalue weighted by Crippen LogP contribution is -2.27. The van der Waals surface area contributed by atoms with Crippen molar-refractivity contribution in [2.45, 2.75) is 19.9 Å². The molecule has 0 aliphatic carbocycles. The van der Waals surface area contributed by atoms with Gasteiger partial charge in [-0.1, -0.05) is 42.3 Å². The Labute approximate surface area is 170 Å². The summed E-state index contributed by atoms with van der Waals surface area (Å²) >= 11 is 12.5. The zero-order valence-corrected chi connectivity index (χ0v) is 16.6. The first-order chi connectivity index (χ1) is 13.3. The Bertz CT molecular complexity index is 1020. The fraction of sp³-hybridized carbons (Fsp3) is 0.211. The fourth-order valence-corrected chi connectivity index (χ4v) is 3.24. The van der Waals surface area contributed by atoms with Crippen molar-refractivity contribution in [1.82, 2.24) is 19.7 Å². The number of aryl methyl sites for hydroxylation is 1. The normalized spacial score (nSPS) is 10.9. The van der Waals surface area contributed by atoms with Crippen LogP contribution in [-0.2, 0) is 13.0 Å². The predicted molar refractivity (Wildman–Crippen MR) is 103 cm³/mol. The van der Waals surface area contributed by atoms with Gasteiger partial charge in [0.15, 0.2) is 0 Å². The molecule has 0 aliphatic heterocycles. The number of para-hydroxylation sites is 1.